The molecule has 6 nitrogen and oxygen atoms in total. The molecule has 0 aliphatic heterocycles. The van der Waals surface area contributed by atoms with Crippen molar-refractivity contribution < 1.29 is 19.1 Å². The number of methoxy groups -OCH3 is 2. The van der Waals surface area contributed by atoms with E-state index in [0.717, 1.165) is 16.5 Å². The number of fused-ring (bicyclic) bond motifs is 1. The third-order valence-corrected chi connectivity index (χ3v) is 4.01. The second-order valence-electron chi connectivity index (χ2n) is 5.92. The fourth-order valence-corrected chi connectivity index (χ4v) is 2.82. The van der Waals surface area contributed by atoms with Gasteiger partial charge in [-0.25, -0.2) is 9.59 Å². The molecule has 2 aromatic heterocycles. The van der Waals surface area contributed by atoms with Crippen LogP contribution in [0.1, 0.15) is 51.4 Å². The van der Waals surface area contributed by atoms with Gasteiger partial charge in [-0.15, -0.1) is 0 Å². The number of aromatic nitrogens is 2. The molecule has 0 radical (unpaired) electrons. The Labute approximate surface area is 164 Å². The maximum Gasteiger partial charge on any atom is 0.340 e. The summed E-state index contributed by atoms with van der Waals surface area (Å²) < 4.78 is 9.63. The van der Waals surface area contributed by atoms with Crippen LogP contribution < -0.4 is 0 Å². The van der Waals surface area contributed by atoms with Crippen molar-refractivity contribution in [2.24, 2.45) is 0 Å². The first-order chi connectivity index (χ1) is 13.5. The van der Waals surface area contributed by atoms with Gasteiger partial charge >= 0.3 is 11.9 Å². The molecule has 2 heterocycles. The van der Waals surface area contributed by atoms with Gasteiger partial charge in [0.2, 0.25) is 0 Å². The molecule has 0 saturated heterocycles. The largest absolute Gasteiger partial charge is 0.465 e. The molecular formula is C22H24N2O4. The lowest BCUT2D eigenvalue weighted by molar-refractivity contribution is 0.0592. The number of nitrogens with zero attached hydrogens (tertiary/aromatic N) is 2. The number of hydrogen-bond acceptors (Lipinski definition) is 6. The van der Waals surface area contributed by atoms with Crippen LogP contribution in [0.4, 0.5) is 0 Å². The van der Waals surface area contributed by atoms with Gasteiger partial charge in [-0.2, -0.15) is 0 Å². The molecule has 3 rings (SSSR count). The van der Waals surface area contributed by atoms with E-state index in [4.69, 9.17) is 9.47 Å². The quantitative estimate of drug-likeness (QED) is 0.633. The molecule has 0 bridgehead atoms. The van der Waals surface area contributed by atoms with Gasteiger partial charge in [0.1, 0.15) is 0 Å². The fraction of sp³-hybridized carbons (Fsp3) is 0.273. The van der Waals surface area contributed by atoms with Crippen molar-refractivity contribution in [1.29, 1.82) is 0 Å². The van der Waals surface area contributed by atoms with Crippen LogP contribution in [-0.2, 0) is 15.9 Å². The van der Waals surface area contributed by atoms with Crippen molar-refractivity contribution in [3.63, 3.8) is 0 Å². The summed E-state index contributed by atoms with van der Waals surface area (Å²) >= 11 is 0. The van der Waals surface area contributed by atoms with Crippen LogP contribution in [0.3, 0.4) is 0 Å². The average molecular weight is 380 g/mol. The van der Waals surface area contributed by atoms with Crippen LogP contribution in [0, 0.1) is 6.92 Å². The molecule has 0 amide bonds. The van der Waals surface area contributed by atoms with E-state index in [-0.39, 0.29) is 0 Å². The highest BCUT2D eigenvalue weighted by Gasteiger charge is 2.15. The molecule has 28 heavy (non-hydrogen) atoms. The number of esters is 2. The standard InChI is InChI=1S/C20H18N2O4.C2H6/c1-12-6-15-7-13(9-17(20(24)26-3)18(15)22-11-12)8-16-10-14(4-5-21-16)19(23)25-2;1-2/h4-7,9-11H,8H2,1-3H3;1-2H3. The number of carbonyl (C=O) groups is 2. The molecule has 0 atom stereocenters. The zero-order valence-corrected chi connectivity index (χ0v) is 16.8. The first-order valence-corrected chi connectivity index (χ1v) is 9.02. The second kappa shape index (κ2) is 9.60. The molecule has 1 aromatic carbocycles. The van der Waals surface area contributed by atoms with Gasteiger partial charge in [0.05, 0.1) is 30.9 Å². The van der Waals surface area contributed by atoms with Crippen LogP contribution in [0.15, 0.2) is 42.7 Å². The summed E-state index contributed by atoms with van der Waals surface area (Å²) in [4.78, 5) is 32.5. The molecule has 0 saturated carbocycles. The minimum absolute atomic E-state index is 0.407. The van der Waals surface area contributed by atoms with Crippen LogP contribution in [-0.4, -0.2) is 36.1 Å². The average Bonchev–Trinajstić information content (AvgIpc) is 2.73. The summed E-state index contributed by atoms with van der Waals surface area (Å²) in [6.45, 7) is 5.94. The topological polar surface area (TPSA) is 78.4 Å². The van der Waals surface area contributed by atoms with Gasteiger partial charge in [-0.1, -0.05) is 13.8 Å². The van der Waals surface area contributed by atoms with E-state index in [0.29, 0.717) is 28.8 Å². The van der Waals surface area contributed by atoms with Crippen molar-refractivity contribution in [2.45, 2.75) is 27.2 Å². The Kier molecular flexibility index (Phi) is 7.21. The van der Waals surface area contributed by atoms with Gasteiger partial charge in [0.25, 0.3) is 0 Å². The van der Waals surface area contributed by atoms with E-state index in [2.05, 4.69) is 9.97 Å². The van der Waals surface area contributed by atoms with Gasteiger partial charge in [-0.05, 0) is 48.4 Å². The molecule has 0 N–H and O–H groups in total. The molecule has 0 fully saturated rings. The van der Waals surface area contributed by atoms with Crippen LogP contribution >= 0.6 is 0 Å². The third-order valence-electron chi connectivity index (χ3n) is 4.01. The smallest absolute Gasteiger partial charge is 0.340 e. The maximum atomic E-state index is 12.2. The molecule has 0 spiro atoms. The SMILES string of the molecule is CC.COC(=O)c1ccnc(Cc2cc(C(=O)OC)c3ncc(C)cc3c2)c1. The third kappa shape index (κ3) is 4.71. The number of pyridine rings is 2. The molecule has 146 valence electrons. The maximum absolute atomic E-state index is 12.2. The first kappa shape index (κ1) is 21.0. The Morgan fingerprint density at radius 2 is 1.68 bits per heavy atom. The highest BCUT2D eigenvalue weighted by molar-refractivity contribution is 6.03. The van der Waals surface area contributed by atoms with Crippen molar-refractivity contribution in [1.82, 2.24) is 9.97 Å². The summed E-state index contributed by atoms with van der Waals surface area (Å²) in [6, 6.07) is 8.97. The monoisotopic (exact) mass is 380 g/mol. The number of hydrogen-bond donors (Lipinski definition) is 0. The minimum Gasteiger partial charge on any atom is -0.465 e. The first-order valence-electron chi connectivity index (χ1n) is 9.02. The van der Waals surface area contributed by atoms with Crippen LogP contribution in [0.2, 0.25) is 0 Å². The molecule has 3 aromatic rings. The summed E-state index contributed by atoms with van der Waals surface area (Å²) in [7, 11) is 2.68. The molecular weight excluding hydrogens is 356 g/mol. The molecule has 0 unspecified atom stereocenters. The number of rotatable bonds is 4. The number of carbonyl (C=O) groups excluding carboxylic acids is 2. The van der Waals surface area contributed by atoms with E-state index in [1.165, 1.54) is 14.2 Å². The van der Waals surface area contributed by atoms with Gasteiger partial charge in [0, 0.05) is 29.9 Å². The highest BCUT2D eigenvalue weighted by atomic mass is 16.5. The molecule has 0 aliphatic rings. The Balaban J connectivity index is 0.00000136. The normalized spacial score (nSPS) is 10.0. The predicted octanol–water partition coefficient (Wildman–Crippen LogP) is 4.13. The summed E-state index contributed by atoms with van der Waals surface area (Å²) in [6.07, 6.45) is 3.74. The van der Waals surface area contributed by atoms with Crippen molar-refractivity contribution >= 4 is 22.8 Å². The van der Waals surface area contributed by atoms with E-state index in [1.807, 2.05) is 32.9 Å². The van der Waals surface area contributed by atoms with Gasteiger partial charge in [-0.3, -0.25) is 9.97 Å². The molecule has 6 heteroatoms. The lowest BCUT2D eigenvalue weighted by Gasteiger charge is -2.09. The minimum atomic E-state index is -0.440. The number of ether oxygens (including phenoxy) is 2. The van der Waals surface area contributed by atoms with E-state index < -0.39 is 11.9 Å². The Hall–Kier alpha value is -3.28. The number of aryl methyl sites for hydroxylation is 1. The van der Waals surface area contributed by atoms with E-state index in [9.17, 15) is 9.59 Å². The lowest BCUT2D eigenvalue weighted by atomic mass is 10.0. The van der Waals surface area contributed by atoms with Gasteiger partial charge < -0.3 is 9.47 Å². The van der Waals surface area contributed by atoms with Crippen molar-refractivity contribution in [3.8, 4) is 0 Å². The van der Waals surface area contributed by atoms with Crippen LogP contribution in [0.5, 0.6) is 0 Å². The Morgan fingerprint density at radius 3 is 2.36 bits per heavy atom. The van der Waals surface area contributed by atoms with Crippen LogP contribution in [0.25, 0.3) is 10.9 Å². The predicted molar refractivity (Wildman–Crippen MR) is 108 cm³/mol. The Morgan fingerprint density at radius 1 is 0.964 bits per heavy atom. The summed E-state index contributed by atoms with van der Waals surface area (Å²) in [5, 5.41) is 0.854. The van der Waals surface area contributed by atoms with Crippen molar-refractivity contribution in [3.05, 3.63) is 70.7 Å². The Bertz CT molecular complexity index is 999. The summed E-state index contributed by atoms with van der Waals surface area (Å²) in [5.41, 5.74) is 4.01. The van der Waals surface area contributed by atoms with E-state index >= 15 is 0 Å². The number of benzene rings is 1. The van der Waals surface area contributed by atoms with E-state index in [1.54, 1.807) is 30.6 Å². The zero-order valence-electron chi connectivity index (χ0n) is 16.8. The van der Waals surface area contributed by atoms with Gasteiger partial charge in [0.15, 0.2) is 0 Å². The highest BCUT2D eigenvalue weighted by Crippen LogP contribution is 2.23. The molecule has 0 aliphatic carbocycles. The fourth-order valence-electron chi connectivity index (χ4n) is 2.82. The summed E-state index contributed by atoms with van der Waals surface area (Å²) in [5.74, 6) is -0.855. The van der Waals surface area contributed by atoms with Crippen molar-refractivity contribution in [2.75, 3.05) is 14.2 Å². The second-order valence-corrected chi connectivity index (χ2v) is 5.92. The zero-order chi connectivity index (χ0) is 20.7. The lowest BCUT2D eigenvalue weighted by Crippen LogP contribution is -2.06.